The Hall–Kier alpha value is -0.890. The van der Waals surface area contributed by atoms with Crippen LogP contribution >= 0.6 is 15.9 Å². The normalized spacial score (nSPS) is 21.0. The summed E-state index contributed by atoms with van der Waals surface area (Å²) in [5, 5.41) is 7.37. The smallest absolute Gasteiger partial charge is 0.367 e. The highest BCUT2D eigenvalue weighted by molar-refractivity contribution is 9.09. The maximum atomic E-state index is 13.0. The molecule has 1 aromatic rings. The number of benzene rings is 1. The lowest BCUT2D eigenvalue weighted by Gasteiger charge is -2.28. The van der Waals surface area contributed by atoms with E-state index >= 15 is 0 Å². The molecule has 0 radical (unpaired) electrons. The van der Waals surface area contributed by atoms with Crippen LogP contribution in [0, 0.1) is 0 Å². The van der Waals surface area contributed by atoms with E-state index in [9.17, 15) is 30.0 Å². The molecular weight excluding hydrogens is 415 g/mol. The number of hydrogen-bond donors (Lipinski definition) is 3. The van der Waals surface area contributed by atoms with Crippen molar-refractivity contribution in [1.29, 1.82) is 0 Å². The van der Waals surface area contributed by atoms with Crippen molar-refractivity contribution in [2.24, 2.45) is 5.14 Å². The number of primary sulfonamides is 1. The summed E-state index contributed by atoms with van der Waals surface area (Å²) < 4.78 is 87.8. The molecule has 0 aromatic heterocycles. The summed E-state index contributed by atoms with van der Waals surface area (Å²) in [5.41, 5.74) is -1.89. The van der Waals surface area contributed by atoms with E-state index in [1.165, 1.54) is 0 Å². The molecular formula is C9H9BrF3N3O4S2. The molecule has 124 valence electrons. The lowest BCUT2D eigenvalue weighted by atomic mass is 10.2. The number of rotatable bonds is 2. The van der Waals surface area contributed by atoms with Gasteiger partial charge < -0.3 is 5.32 Å². The van der Waals surface area contributed by atoms with Gasteiger partial charge >= 0.3 is 6.18 Å². The highest BCUT2D eigenvalue weighted by Crippen LogP contribution is 2.39. The highest BCUT2D eigenvalue weighted by Gasteiger charge is 2.40. The van der Waals surface area contributed by atoms with Crippen LogP contribution in [0.15, 0.2) is 21.9 Å². The van der Waals surface area contributed by atoms with Gasteiger partial charge in [-0.15, -0.1) is 0 Å². The molecule has 1 unspecified atom stereocenters. The van der Waals surface area contributed by atoms with Crippen molar-refractivity contribution in [2.75, 3.05) is 10.6 Å². The predicted octanol–water partition coefficient (Wildman–Crippen LogP) is 0.778. The third-order valence-corrected chi connectivity index (χ3v) is 5.87. The van der Waals surface area contributed by atoms with Gasteiger partial charge in [0.25, 0.3) is 0 Å². The van der Waals surface area contributed by atoms with E-state index in [1.807, 2.05) is 0 Å². The van der Waals surface area contributed by atoms with Crippen LogP contribution in [0.2, 0.25) is 0 Å². The van der Waals surface area contributed by atoms with Crippen LogP contribution in [-0.4, -0.2) is 28.3 Å². The van der Waals surface area contributed by atoms with E-state index in [2.05, 4.69) is 26.0 Å². The molecule has 1 aliphatic heterocycles. The molecule has 0 amide bonds. The van der Waals surface area contributed by atoms with Crippen LogP contribution in [0.3, 0.4) is 0 Å². The van der Waals surface area contributed by atoms with Crippen LogP contribution in [0.1, 0.15) is 5.56 Å². The lowest BCUT2D eigenvalue weighted by molar-refractivity contribution is -0.139. The minimum atomic E-state index is -5.02. The third kappa shape index (κ3) is 3.22. The molecule has 4 N–H and O–H groups in total. The van der Waals surface area contributed by atoms with Gasteiger partial charge in [-0.2, -0.15) is 17.9 Å². The molecule has 0 aliphatic carbocycles. The Bertz CT molecular complexity index is 823. The summed E-state index contributed by atoms with van der Waals surface area (Å²) in [6.45, 7) is 0. The van der Waals surface area contributed by atoms with Crippen molar-refractivity contribution in [3.05, 3.63) is 17.7 Å². The van der Waals surface area contributed by atoms with Crippen LogP contribution in [0.25, 0.3) is 0 Å². The number of halogens is 4. The fourth-order valence-corrected chi connectivity index (χ4v) is 4.59. The minimum absolute atomic E-state index is 0.0873. The summed E-state index contributed by atoms with van der Waals surface area (Å²) in [6, 6.07) is 0.816. The highest BCUT2D eigenvalue weighted by atomic mass is 79.9. The molecule has 22 heavy (non-hydrogen) atoms. The number of alkyl halides is 4. The fourth-order valence-electron chi connectivity index (χ4n) is 1.89. The predicted molar refractivity (Wildman–Crippen MR) is 74.3 cm³/mol. The number of fused-ring (bicyclic) bond motifs is 1. The molecule has 1 heterocycles. The third-order valence-electron chi connectivity index (χ3n) is 2.76. The Morgan fingerprint density at radius 3 is 2.36 bits per heavy atom. The second-order valence-corrected chi connectivity index (χ2v) is 8.22. The van der Waals surface area contributed by atoms with Crippen molar-refractivity contribution >= 4 is 41.7 Å². The monoisotopic (exact) mass is 423 g/mol. The zero-order chi connectivity index (χ0) is 16.9. The van der Waals surface area contributed by atoms with Crippen molar-refractivity contribution in [1.82, 2.24) is 4.72 Å². The lowest BCUT2D eigenvalue weighted by Crippen LogP contribution is -2.46. The first-order chi connectivity index (χ1) is 9.86. The van der Waals surface area contributed by atoms with E-state index < -0.39 is 47.7 Å². The first-order valence-corrected chi connectivity index (χ1v) is 9.64. The summed E-state index contributed by atoms with van der Waals surface area (Å²) in [5.74, 6) is 0. The van der Waals surface area contributed by atoms with E-state index in [1.54, 1.807) is 0 Å². The number of hydrogen-bond acceptors (Lipinski definition) is 5. The summed E-state index contributed by atoms with van der Waals surface area (Å²) in [7, 11) is -8.95. The van der Waals surface area contributed by atoms with Crippen LogP contribution in [0.5, 0.6) is 0 Å². The van der Waals surface area contributed by atoms with E-state index in [-0.39, 0.29) is 11.0 Å². The molecule has 2 rings (SSSR count). The van der Waals surface area contributed by atoms with Gasteiger partial charge in [0.1, 0.15) is 11.1 Å². The second kappa shape index (κ2) is 5.33. The summed E-state index contributed by atoms with van der Waals surface area (Å²) >= 11 is 2.99. The van der Waals surface area contributed by atoms with Crippen LogP contribution in [-0.2, 0) is 26.2 Å². The SMILES string of the molecule is NS(=O)(=O)c1cc2c(cc1C(F)(F)F)NC(CBr)NS2(=O)=O. The molecule has 1 aromatic carbocycles. The average molecular weight is 424 g/mol. The van der Waals surface area contributed by atoms with Gasteiger partial charge in [-0.3, -0.25) is 0 Å². The van der Waals surface area contributed by atoms with E-state index in [0.717, 1.165) is 0 Å². The fraction of sp³-hybridized carbons (Fsp3) is 0.333. The number of nitrogens with two attached hydrogens (primary N) is 1. The van der Waals surface area contributed by atoms with Gasteiger partial charge in [-0.25, -0.2) is 22.0 Å². The molecule has 0 saturated carbocycles. The Morgan fingerprint density at radius 2 is 1.91 bits per heavy atom. The standard InChI is InChI=1S/C9H9BrF3N3O4S2/c10-3-8-15-5-1-4(9(11,12)13)6(21(14,17)18)2-7(5)22(19,20)16-8/h1-2,8,15-16H,3H2,(H2,14,17,18). The van der Waals surface area contributed by atoms with Gasteiger partial charge in [0, 0.05) is 5.33 Å². The average Bonchev–Trinajstić information content (AvgIpc) is 2.34. The maximum Gasteiger partial charge on any atom is 0.417 e. The van der Waals surface area contributed by atoms with E-state index in [0.29, 0.717) is 12.1 Å². The van der Waals surface area contributed by atoms with Gasteiger partial charge in [0.05, 0.1) is 16.1 Å². The van der Waals surface area contributed by atoms with Crippen LogP contribution < -0.4 is 15.2 Å². The van der Waals surface area contributed by atoms with Gasteiger partial charge in [-0.1, -0.05) is 15.9 Å². The molecule has 1 aliphatic rings. The first kappa shape index (κ1) is 17.5. The molecule has 0 saturated heterocycles. The minimum Gasteiger partial charge on any atom is -0.367 e. The second-order valence-electron chi connectivity index (χ2n) is 4.36. The first-order valence-electron chi connectivity index (χ1n) is 5.49. The Kier molecular flexibility index (Phi) is 4.23. The number of sulfonamides is 2. The molecule has 1 atom stereocenters. The molecule has 0 fully saturated rings. The molecule has 13 heteroatoms. The zero-order valence-electron chi connectivity index (χ0n) is 10.5. The van der Waals surface area contributed by atoms with Gasteiger partial charge in [-0.05, 0) is 12.1 Å². The van der Waals surface area contributed by atoms with Crippen molar-refractivity contribution in [3.63, 3.8) is 0 Å². The van der Waals surface area contributed by atoms with Crippen molar-refractivity contribution < 1.29 is 30.0 Å². The molecule has 0 bridgehead atoms. The topological polar surface area (TPSA) is 118 Å². The van der Waals surface area contributed by atoms with Crippen molar-refractivity contribution in [3.8, 4) is 0 Å². The largest absolute Gasteiger partial charge is 0.417 e. The van der Waals surface area contributed by atoms with Gasteiger partial charge in [0.15, 0.2) is 0 Å². The van der Waals surface area contributed by atoms with Crippen LogP contribution in [0.4, 0.5) is 18.9 Å². The Balaban J connectivity index is 2.82. The van der Waals surface area contributed by atoms with E-state index in [4.69, 9.17) is 5.14 Å². The van der Waals surface area contributed by atoms with Gasteiger partial charge in [0.2, 0.25) is 20.0 Å². The quantitative estimate of drug-likeness (QED) is 0.607. The maximum absolute atomic E-state index is 13.0. The number of anilines is 1. The Morgan fingerprint density at radius 1 is 1.32 bits per heavy atom. The molecule has 0 spiro atoms. The summed E-state index contributed by atoms with van der Waals surface area (Å²) in [4.78, 5) is -1.93. The van der Waals surface area contributed by atoms with Crippen molar-refractivity contribution in [2.45, 2.75) is 22.1 Å². The summed E-state index contributed by atoms with van der Waals surface area (Å²) in [6.07, 6.45) is -5.89. The zero-order valence-corrected chi connectivity index (χ0v) is 13.7. The Labute approximate surface area is 132 Å². The number of nitrogens with one attached hydrogen (secondary N) is 2. The molecule has 7 nitrogen and oxygen atoms in total.